The minimum absolute atomic E-state index is 0.207. The van der Waals surface area contributed by atoms with E-state index in [-0.39, 0.29) is 11.7 Å². The lowest BCUT2D eigenvalue weighted by molar-refractivity contribution is 0.0695. The van der Waals surface area contributed by atoms with Crippen LogP contribution in [-0.2, 0) is 6.54 Å². The van der Waals surface area contributed by atoms with E-state index in [0.29, 0.717) is 5.56 Å². The highest BCUT2D eigenvalue weighted by Crippen LogP contribution is 2.31. The Morgan fingerprint density at radius 2 is 2.00 bits per heavy atom. The maximum absolute atomic E-state index is 13.2. The Balaban J connectivity index is 1.50. The van der Waals surface area contributed by atoms with Crippen LogP contribution in [0.25, 0.3) is 11.3 Å². The van der Waals surface area contributed by atoms with E-state index < -0.39 is 5.97 Å². The number of H-pyrrole nitrogens is 1. The van der Waals surface area contributed by atoms with Crippen molar-refractivity contribution in [2.24, 2.45) is 0 Å². The van der Waals surface area contributed by atoms with Gasteiger partial charge in [-0.2, -0.15) is 5.10 Å². The highest BCUT2D eigenvalue weighted by atomic mass is 19.1. The third-order valence-corrected chi connectivity index (χ3v) is 5.15. The number of hydrogen-bond acceptors (Lipinski definition) is 3. The first kappa shape index (κ1) is 17.4. The Kier molecular flexibility index (Phi) is 4.73. The first-order valence-corrected chi connectivity index (χ1v) is 8.94. The predicted molar refractivity (Wildman–Crippen MR) is 100 cm³/mol. The molecule has 4 rings (SSSR count). The lowest BCUT2D eigenvalue weighted by Crippen LogP contribution is -2.20. The summed E-state index contributed by atoms with van der Waals surface area (Å²) < 4.78 is 13.2. The van der Waals surface area contributed by atoms with Crippen molar-refractivity contribution >= 4 is 5.97 Å². The zero-order chi connectivity index (χ0) is 18.8. The molecule has 1 fully saturated rings. The molecule has 0 spiro atoms. The number of aromatic amines is 1. The van der Waals surface area contributed by atoms with Gasteiger partial charge in [-0.3, -0.25) is 10.00 Å². The maximum atomic E-state index is 13.2. The van der Waals surface area contributed by atoms with E-state index in [1.54, 1.807) is 30.5 Å². The van der Waals surface area contributed by atoms with Gasteiger partial charge in [-0.15, -0.1) is 0 Å². The predicted octanol–water partition coefficient (Wildman–Crippen LogP) is 3.90. The summed E-state index contributed by atoms with van der Waals surface area (Å²) in [7, 11) is 0. The lowest BCUT2D eigenvalue weighted by atomic mass is 9.93. The molecule has 5 nitrogen and oxygen atoms in total. The molecule has 138 valence electrons. The van der Waals surface area contributed by atoms with Crippen LogP contribution >= 0.6 is 0 Å². The zero-order valence-electron chi connectivity index (χ0n) is 14.7. The van der Waals surface area contributed by atoms with Crippen LogP contribution in [0.3, 0.4) is 0 Å². The summed E-state index contributed by atoms with van der Waals surface area (Å²) in [5.41, 5.74) is 4.13. The number of benzene rings is 2. The van der Waals surface area contributed by atoms with E-state index in [9.17, 15) is 14.3 Å². The normalized spacial score (nSPS) is 17.3. The third kappa shape index (κ3) is 3.61. The van der Waals surface area contributed by atoms with Crippen molar-refractivity contribution in [3.05, 3.63) is 77.2 Å². The molecule has 0 bridgehead atoms. The molecule has 1 atom stereocenters. The maximum Gasteiger partial charge on any atom is 0.335 e. The smallest absolute Gasteiger partial charge is 0.335 e. The SMILES string of the molecule is O=C(O)c1ccccc1C1CCN(Cc2cn[nH]c2-c2ccc(F)cc2)C1. The molecule has 0 radical (unpaired) electrons. The summed E-state index contributed by atoms with van der Waals surface area (Å²) in [5.74, 6) is -0.935. The highest BCUT2D eigenvalue weighted by molar-refractivity contribution is 5.89. The number of carboxylic acids is 1. The summed E-state index contributed by atoms with van der Waals surface area (Å²) in [4.78, 5) is 13.8. The van der Waals surface area contributed by atoms with E-state index in [0.717, 1.165) is 48.4 Å². The van der Waals surface area contributed by atoms with Crippen LogP contribution in [0.4, 0.5) is 4.39 Å². The molecule has 6 heteroatoms. The molecule has 3 aromatic rings. The minimum atomic E-state index is -0.877. The van der Waals surface area contributed by atoms with E-state index in [1.807, 2.05) is 12.1 Å². The quantitative estimate of drug-likeness (QED) is 0.719. The standard InChI is InChI=1S/C21H20FN3O2/c22-17-7-5-14(6-8-17)20-16(11-23-24-20)13-25-10-9-15(12-25)18-3-1-2-4-19(18)21(26)27/h1-8,11,15H,9-10,12-13H2,(H,23,24)(H,26,27). The first-order chi connectivity index (χ1) is 13.1. The number of nitrogens with one attached hydrogen (secondary N) is 1. The number of hydrogen-bond donors (Lipinski definition) is 2. The molecular formula is C21H20FN3O2. The van der Waals surface area contributed by atoms with Gasteiger partial charge < -0.3 is 5.11 Å². The largest absolute Gasteiger partial charge is 0.478 e. The fourth-order valence-corrected chi connectivity index (χ4v) is 3.82. The number of likely N-dealkylation sites (tertiary alicyclic amines) is 1. The summed E-state index contributed by atoms with van der Waals surface area (Å²) in [5, 5.41) is 16.6. The van der Waals surface area contributed by atoms with Crippen LogP contribution in [0, 0.1) is 5.82 Å². The van der Waals surface area contributed by atoms with Gasteiger partial charge in [0.15, 0.2) is 0 Å². The summed E-state index contributed by atoms with van der Waals surface area (Å²) >= 11 is 0. The number of halogens is 1. The number of aromatic carboxylic acids is 1. The van der Waals surface area contributed by atoms with Crippen molar-refractivity contribution in [2.75, 3.05) is 13.1 Å². The molecule has 0 amide bonds. The fraction of sp³-hybridized carbons (Fsp3) is 0.238. The molecule has 1 aliphatic heterocycles. The molecule has 1 unspecified atom stereocenters. The average molecular weight is 365 g/mol. The van der Waals surface area contributed by atoms with Gasteiger partial charge in [0.25, 0.3) is 0 Å². The second kappa shape index (κ2) is 7.32. The molecule has 2 heterocycles. The van der Waals surface area contributed by atoms with Crippen LogP contribution in [0.15, 0.2) is 54.7 Å². The second-order valence-electron chi connectivity index (χ2n) is 6.89. The monoisotopic (exact) mass is 365 g/mol. The van der Waals surface area contributed by atoms with Gasteiger partial charge in [-0.1, -0.05) is 18.2 Å². The zero-order valence-corrected chi connectivity index (χ0v) is 14.7. The molecule has 0 saturated carbocycles. The topological polar surface area (TPSA) is 69.2 Å². The molecular weight excluding hydrogens is 345 g/mol. The van der Waals surface area contributed by atoms with Crippen molar-refractivity contribution in [1.82, 2.24) is 15.1 Å². The molecule has 0 aliphatic carbocycles. The highest BCUT2D eigenvalue weighted by Gasteiger charge is 2.27. The van der Waals surface area contributed by atoms with Crippen molar-refractivity contribution in [3.63, 3.8) is 0 Å². The first-order valence-electron chi connectivity index (χ1n) is 8.94. The van der Waals surface area contributed by atoms with E-state index in [4.69, 9.17) is 0 Å². The number of carboxylic acid groups (broad SMARTS) is 1. The number of aromatic nitrogens is 2. The summed E-state index contributed by atoms with van der Waals surface area (Å²) in [6.45, 7) is 2.42. The summed E-state index contributed by atoms with van der Waals surface area (Å²) in [6.07, 6.45) is 2.73. The Morgan fingerprint density at radius 3 is 2.78 bits per heavy atom. The van der Waals surface area contributed by atoms with Crippen molar-refractivity contribution in [1.29, 1.82) is 0 Å². The molecule has 27 heavy (non-hydrogen) atoms. The van der Waals surface area contributed by atoms with Gasteiger partial charge >= 0.3 is 5.97 Å². The van der Waals surface area contributed by atoms with Gasteiger partial charge in [0, 0.05) is 24.2 Å². The number of rotatable bonds is 5. The second-order valence-corrected chi connectivity index (χ2v) is 6.89. The van der Waals surface area contributed by atoms with Crippen LogP contribution in [0.2, 0.25) is 0 Å². The van der Waals surface area contributed by atoms with Crippen LogP contribution in [0.5, 0.6) is 0 Å². The van der Waals surface area contributed by atoms with Crippen molar-refractivity contribution in [2.45, 2.75) is 18.9 Å². The third-order valence-electron chi connectivity index (χ3n) is 5.15. The van der Waals surface area contributed by atoms with Crippen LogP contribution < -0.4 is 0 Å². The van der Waals surface area contributed by atoms with Crippen molar-refractivity contribution < 1.29 is 14.3 Å². The summed E-state index contributed by atoms with van der Waals surface area (Å²) in [6, 6.07) is 13.6. The van der Waals surface area contributed by atoms with Gasteiger partial charge in [0.1, 0.15) is 5.82 Å². The van der Waals surface area contributed by atoms with Gasteiger partial charge in [-0.05, 0) is 54.8 Å². The van der Waals surface area contributed by atoms with Crippen LogP contribution in [-0.4, -0.2) is 39.3 Å². The van der Waals surface area contributed by atoms with E-state index >= 15 is 0 Å². The Hall–Kier alpha value is -2.99. The Bertz CT molecular complexity index is 952. The molecule has 2 aromatic carbocycles. The van der Waals surface area contributed by atoms with Crippen LogP contribution in [0.1, 0.15) is 33.8 Å². The lowest BCUT2D eigenvalue weighted by Gasteiger charge is -2.17. The molecule has 1 saturated heterocycles. The van der Waals surface area contributed by atoms with Crippen molar-refractivity contribution in [3.8, 4) is 11.3 Å². The fourth-order valence-electron chi connectivity index (χ4n) is 3.82. The Labute approximate surface area is 156 Å². The van der Waals surface area contributed by atoms with Gasteiger partial charge in [0.2, 0.25) is 0 Å². The number of carbonyl (C=O) groups is 1. The van der Waals surface area contributed by atoms with Gasteiger partial charge in [-0.25, -0.2) is 9.18 Å². The van der Waals surface area contributed by atoms with Gasteiger partial charge in [0.05, 0.1) is 17.5 Å². The minimum Gasteiger partial charge on any atom is -0.478 e. The Morgan fingerprint density at radius 1 is 1.22 bits per heavy atom. The van der Waals surface area contributed by atoms with E-state index in [2.05, 4.69) is 15.1 Å². The molecule has 1 aliphatic rings. The molecule has 1 aromatic heterocycles. The molecule has 2 N–H and O–H groups in total. The average Bonchev–Trinajstić information content (AvgIpc) is 3.32. The van der Waals surface area contributed by atoms with E-state index in [1.165, 1.54) is 12.1 Å². The number of nitrogens with zero attached hydrogens (tertiary/aromatic N) is 2.